The first-order valence-corrected chi connectivity index (χ1v) is 7.25. The maximum Gasteiger partial charge on any atom is 0.110 e. The SMILES string of the molecule is Cc1ccc(N2CC3C(C)C4(C)C=CC3(C2)O4)cc1. The maximum absolute atomic E-state index is 6.41. The van der Waals surface area contributed by atoms with Crippen molar-refractivity contribution in [1.29, 1.82) is 0 Å². The number of hydrogen-bond acceptors (Lipinski definition) is 2. The Bertz CT molecular complexity index is 549. The third kappa shape index (κ3) is 1.41. The number of benzene rings is 1. The molecule has 0 amide bonds. The number of rotatable bonds is 1. The third-order valence-electron chi connectivity index (χ3n) is 5.50. The molecule has 1 aromatic rings. The minimum atomic E-state index is -0.0287. The van der Waals surface area contributed by atoms with Gasteiger partial charge in [-0.15, -0.1) is 0 Å². The summed E-state index contributed by atoms with van der Waals surface area (Å²) in [7, 11) is 0. The van der Waals surface area contributed by atoms with E-state index in [2.05, 4.69) is 62.1 Å². The summed E-state index contributed by atoms with van der Waals surface area (Å²) in [6, 6.07) is 8.85. The Labute approximate surface area is 115 Å². The smallest absolute Gasteiger partial charge is 0.110 e. The molecule has 2 saturated heterocycles. The van der Waals surface area contributed by atoms with E-state index >= 15 is 0 Å². The molecular weight excluding hydrogens is 234 g/mol. The second kappa shape index (κ2) is 3.43. The predicted molar refractivity (Wildman–Crippen MR) is 77.4 cm³/mol. The molecule has 0 saturated carbocycles. The fraction of sp³-hybridized carbons (Fsp3) is 0.529. The normalized spacial score (nSPS) is 43.0. The zero-order chi connectivity index (χ0) is 13.3. The molecule has 2 fully saturated rings. The predicted octanol–water partition coefficient (Wildman–Crippen LogP) is 3.16. The molecule has 4 unspecified atom stereocenters. The quantitative estimate of drug-likeness (QED) is 0.715. The van der Waals surface area contributed by atoms with Crippen LogP contribution in [-0.4, -0.2) is 24.3 Å². The summed E-state index contributed by atoms with van der Waals surface area (Å²) in [6.07, 6.45) is 4.61. The van der Waals surface area contributed by atoms with Crippen molar-refractivity contribution in [2.24, 2.45) is 11.8 Å². The Balaban J connectivity index is 1.65. The number of hydrogen-bond donors (Lipinski definition) is 0. The molecule has 0 aliphatic carbocycles. The number of anilines is 1. The van der Waals surface area contributed by atoms with Crippen LogP contribution in [0.25, 0.3) is 0 Å². The van der Waals surface area contributed by atoms with Crippen LogP contribution < -0.4 is 4.90 Å². The van der Waals surface area contributed by atoms with Crippen LogP contribution in [0.4, 0.5) is 5.69 Å². The number of nitrogens with zero attached hydrogens (tertiary/aromatic N) is 1. The molecule has 0 N–H and O–H groups in total. The topological polar surface area (TPSA) is 12.5 Å². The van der Waals surface area contributed by atoms with E-state index in [0.717, 1.165) is 13.1 Å². The van der Waals surface area contributed by atoms with E-state index in [4.69, 9.17) is 4.74 Å². The highest BCUT2D eigenvalue weighted by Crippen LogP contribution is 2.56. The first-order chi connectivity index (χ1) is 9.02. The van der Waals surface area contributed by atoms with Crippen LogP contribution in [-0.2, 0) is 4.74 Å². The van der Waals surface area contributed by atoms with Crippen LogP contribution >= 0.6 is 0 Å². The van der Waals surface area contributed by atoms with Gasteiger partial charge in [0.15, 0.2) is 0 Å². The van der Waals surface area contributed by atoms with Crippen molar-refractivity contribution < 1.29 is 4.74 Å². The standard InChI is InChI=1S/C17H21NO/c1-12-4-6-14(7-5-12)18-10-15-13(2)16(3)8-9-17(15,11-18)19-16/h4-9,13,15H,10-11H2,1-3H3. The van der Waals surface area contributed by atoms with Gasteiger partial charge in [0.2, 0.25) is 0 Å². The van der Waals surface area contributed by atoms with Gasteiger partial charge >= 0.3 is 0 Å². The lowest BCUT2D eigenvalue weighted by Crippen LogP contribution is -2.34. The summed E-state index contributed by atoms with van der Waals surface area (Å²) >= 11 is 0. The molecule has 100 valence electrons. The Morgan fingerprint density at radius 3 is 2.63 bits per heavy atom. The summed E-state index contributed by atoms with van der Waals surface area (Å²) in [5.74, 6) is 1.23. The average molecular weight is 255 g/mol. The van der Waals surface area contributed by atoms with Crippen LogP contribution in [0.5, 0.6) is 0 Å². The van der Waals surface area contributed by atoms with Gasteiger partial charge in [-0.3, -0.25) is 0 Å². The van der Waals surface area contributed by atoms with E-state index in [0.29, 0.717) is 11.8 Å². The van der Waals surface area contributed by atoms with E-state index < -0.39 is 0 Å². The van der Waals surface area contributed by atoms with E-state index in [-0.39, 0.29) is 11.2 Å². The molecule has 3 aliphatic rings. The lowest BCUT2D eigenvalue weighted by Gasteiger charge is -2.28. The molecule has 2 heteroatoms. The van der Waals surface area contributed by atoms with Gasteiger partial charge in [-0.2, -0.15) is 0 Å². The van der Waals surface area contributed by atoms with Crippen molar-refractivity contribution in [3.05, 3.63) is 42.0 Å². The van der Waals surface area contributed by atoms with Crippen LogP contribution in [0.2, 0.25) is 0 Å². The van der Waals surface area contributed by atoms with Crippen molar-refractivity contribution in [1.82, 2.24) is 0 Å². The fourth-order valence-electron chi connectivity index (χ4n) is 4.12. The lowest BCUT2D eigenvalue weighted by atomic mass is 9.74. The van der Waals surface area contributed by atoms with Gasteiger partial charge in [-0.05, 0) is 31.9 Å². The monoisotopic (exact) mass is 255 g/mol. The maximum atomic E-state index is 6.41. The summed E-state index contributed by atoms with van der Waals surface area (Å²) in [5.41, 5.74) is 2.59. The zero-order valence-electron chi connectivity index (χ0n) is 11.9. The first-order valence-electron chi connectivity index (χ1n) is 7.25. The van der Waals surface area contributed by atoms with Gasteiger partial charge in [-0.1, -0.05) is 36.8 Å². The molecule has 3 heterocycles. The van der Waals surface area contributed by atoms with E-state index in [1.165, 1.54) is 11.3 Å². The number of aryl methyl sites for hydroxylation is 1. The average Bonchev–Trinajstić information content (AvgIpc) is 2.97. The minimum Gasteiger partial charge on any atom is -0.368 e. The minimum absolute atomic E-state index is 0.0238. The van der Waals surface area contributed by atoms with E-state index in [1.807, 2.05) is 0 Å². The molecule has 1 spiro atoms. The first kappa shape index (κ1) is 11.5. The van der Waals surface area contributed by atoms with Gasteiger partial charge in [-0.25, -0.2) is 0 Å². The third-order valence-corrected chi connectivity index (χ3v) is 5.50. The Morgan fingerprint density at radius 2 is 1.95 bits per heavy atom. The second-order valence-corrected chi connectivity index (χ2v) is 6.69. The number of ether oxygens (including phenoxy) is 1. The van der Waals surface area contributed by atoms with Gasteiger partial charge < -0.3 is 9.64 Å². The molecule has 2 bridgehead atoms. The fourth-order valence-corrected chi connectivity index (χ4v) is 4.12. The zero-order valence-corrected chi connectivity index (χ0v) is 11.9. The number of fused-ring (bicyclic) bond motifs is 1. The summed E-state index contributed by atoms with van der Waals surface area (Å²) in [4.78, 5) is 2.48. The highest BCUT2D eigenvalue weighted by atomic mass is 16.5. The second-order valence-electron chi connectivity index (χ2n) is 6.69. The molecule has 0 radical (unpaired) electrons. The van der Waals surface area contributed by atoms with Crippen molar-refractivity contribution in [3.8, 4) is 0 Å². The van der Waals surface area contributed by atoms with E-state index in [1.54, 1.807) is 0 Å². The highest BCUT2D eigenvalue weighted by Gasteiger charge is 2.63. The molecule has 3 aliphatic heterocycles. The van der Waals surface area contributed by atoms with Crippen LogP contribution in [0, 0.1) is 18.8 Å². The molecule has 0 aromatic heterocycles. The van der Waals surface area contributed by atoms with Crippen molar-refractivity contribution in [3.63, 3.8) is 0 Å². The summed E-state index contributed by atoms with van der Waals surface area (Å²) in [6.45, 7) is 8.82. The van der Waals surface area contributed by atoms with Crippen molar-refractivity contribution in [2.75, 3.05) is 18.0 Å². The molecule has 4 atom stereocenters. The largest absolute Gasteiger partial charge is 0.368 e. The lowest BCUT2D eigenvalue weighted by molar-refractivity contribution is -0.0242. The molecule has 19 heavy (non-hydrogen) atoms. The van der Waals surface area contributed by atoms with Crippen LogP contribution in [0.3, 0.4) is 0 Å². The van der Waals surface area contributed by atoms with Gasteiger partial charge in [0.25, 0.3) is 0 Å². The van der Waals surface area contributed by atoms with Crippen molar-refractivity contribution >= 4 is 5.69 Å². The molecule has 1 aromatic carbocycles. The summed E-state index contributed by atoms with van der Waals surface area (Å²) < 4.78 is 6.41. The Kier molecular flexibility index (Phi) is 2.08. The van der Waals surface area contributed by atoms with Gasteiger partial charge in [0.1, 0.15) is 5.60 Å². The summed E-state index contributed by atoms with van der Waals surface area (Å²) in [5, 5.41) is 0. The molecule has 4 rings (SSSR count). The van der Waals surface area contributed by atoms with Crippen molar-refractivity contribution in [2.45, 2.75) is 32.0 Å². The van der Waals surface area contributed by atoms with Gasteiger partial charge in [0.05, 0.1) is 12.1 Å². The Morgan fingerprint density at radius 1 is 1.21 bits per heavy atom. The molecule has 2 nitrogen and oxygen atoms in total. The van der Waals surface area contributed by atoms with Gasteiger partial charge in [0, 0.05) is 18.2 Å². The van der Waals surface area contributed by atoms with E-state index in [9.17, 15) is 0 Å². The molecular formula is C17H21NO. The Hall–Kier alpha value is -1.28. The van der Waals surface area contributed by atoms with Crippen LogP contribution in [0.15, 0.2) is 36.4 Å². The highest BCUT2D eigenvalue weighted by molar-refractivity contribution is 5.52. The van der Waals surface area contributed by atoms with Crippen LogP contribution in [0.1, 0.15) is 19.4 Å².